The van der Waals surface area contributed by atoms with Crippen LogP contribution in [-0.4, -0.2) is 22.9 Å². The lowest BCUT2D eigenvalue weighted by molar-refractivity contribution is -0.115. The topological polar surface area (TPSA) is 101 Å². The average Bonchev–Trinajstić information content (AvgIpc) is 2.79. The molecule has 0 radical (unpaired) electrons. The van der Waals surface area contributed by atoms with Gasteiger partial charge in [0.25, 0.3) is 5.56 Å². The van der Waals surface area contributed by atoms with Crippen molar-refractivity contribution in [1.29, 1.82) is 0 Å². The van der Waals surface area contributed by atoms with E-state index in [-0.39, 0.29) is 29.5 Å². The van der Waals surface area contributed by atoms with Crippen molar-refractivity contribution < 1.29 is 18.7 Å². The molecule has 4 rings (SSSR count). The third-order valence-electron chi connectivity index (χ3n) is 5.43. The van der Waals surface area contributed by atoms with Crippen molar-refractivity contribution in [3.8, 4) is 22.6 Å². The summed E-state index contributed by atoms with van der Waals surface area (Å²) in [5, 5.41) is 8.35. The molecule has 0 bridgehead atoms. The Hall–Kier alpha value is -4.40. The molecule has 1 aliphatic heterocycles. The summed E-state index contributed by atoms with van der Waals surface area (Å²) in [7, 11) is 1.57. The van der Waals surface area contributed by atoms with E-state index in [2.05, 4.69) is 22.5 Å². The number of carbonyl (C=O) groups excluding carboxylic acids is 2. The number of amides is 2. The highest BCUT2D eigenvalue weighted by atomic mass is 19.1. The zero-order chi connectivity index (χ0) is 24.6. The molecule has 2 amide bonds. The van der Waals surface area contributed by atoms with Gasteiger partial charge >= 0.3 is 0 Å². The third-order valence-corrected chi connectivity index (χ3v) is 5.43. The molecule has 0 atom stereocenters. The van der Waals surface area contributed by atoms with Gasteiger partial charge in [-0.25, -0.2) is 4.39 Å². The van der Waals surface area contributed by atoms with Crippen molar-refractivity contribution in [2.24, 2.45) is 7.05 Å². The predicted octanol–water partition coefficient (Wildman–Crippen LogP) is 4.09. The Balaban J connectivity index is 1.93. The summed E-state index contributed by atoms with van der Waals surface area (Å²) in [4.78, 5) is 36.5. The van der Waals surface area contributed by atoms with E-state index in [4.69, 9.17) is 4.74 Å². The Labute approximate surface area is 195 Å². The SMILES string of the molecule is C=CC(=O)Nc1ccc(Oc2c(C)cc(F)cc2C)c(-c2cn(C)c(=O)c3c2NCC(=O)N3)c1. The number of anilines is 3. The van der Waals surface area contributed by atoms with Crippen LogP contribution < -0.4 is 26.2 Å². The fourth-order valence-corrected chi connectivity index (χ4v) is 3.86. The normalized spacial score (nSPS) is 12.3. The molecule has 3 N–H and O–H groups in total. The molecule has 34 heavy (non-hydrogen) atoms. The van der Waals surface area contributed by atoms with E-state index in [1.54, 1.807) is 45.3 Å². The number of hydrogen-bond acceptors (Lipinski definition) is 5. The number of fused-ring (bicyclic) bond motifs is 1. The molecule has 2 heterocycles. The maximum absolute atomic E-state index is 13.8. The molecule has 0 saturated carbocycles. The molecule has 1 aliphatic rings. The Morgan fingerprint density at radius 3 is 2.53 bits per heavy atom. The summed E-state index contributed by atoms with van der Waals surface area (Å²) in [5.74, 6) is -0.183. The quantitative estimate of drug-likeness (QED) is 0.496. The Bertz CT molecular complexity index is 1390. The molecule has 174 valence electrons. The predicted molar refractivity (Wildman–Crippen MR) is 129 cm³/mol. The lowest BCUT2D eigenvalue weighted by Crippen LogP contribution is -2.34. The molecule has 8 nitrogen and oxygen atoms in total. The smallest absolute Gasteiger partial charge is 0.276 e. The minimum Gasteiger partial charge on any atom is -0.456 e. The zero-order valence-electron chi connectivity index (χ0n) is 18.9. The summed E-state index contributed by atoms with van der Waals surface area (Å²) in [6, 6.07) is 7.80. The first-order valence-electron chi connectivity index (χ1n) is 10.5. The first-order valence-corrected chi connectivity index (χ1v) is 10.5. The molecule has 2 aromatic carbocycles. The monoisotopic (exact) mass is 462 g/mol. The van der Waals surface area contributed by atoms with Gasteiger partial charge in [-0.05, 0) is 61.4 Å². The number of nitrogens with one attached hydrogen (secondary N) is 3. The number of halogens is 1. The molecule has 9 heteroatoms. The lowest BCUT2D eigenvalue weighted by Gasteiger charge is -2.24. The van der Waals surface area contributed by atoms with Crippen LogP contribution in [0.4, 0.5) is 21.5 Å². The first-order chi connectivity index (χ1) is 16.2. The van der Waals surface area contributed by atoms with Crippen LogP contribution in [0.3, 0.4) is 0 Å². The Morgan fingerprint density at radius 1 is 1.15 bits per heavy atom. The molecule has 0 saturated heterocycles. The van der Waals surface area contributed by atoms with Gasteiger partial charge in [-0.15, -0.1) is 0 Å². The van der Waals surface area contributed by atoms with E-state index >= 15 is 0 Å². The second kappa shape index (κ2) is 8.86. The van der Waals surface area contributed by atoms with Crippen molar-refractivity contribution in [3.05, 3.63) is 76.5 Å². The number of nitrogens with zero attached hydrogens (tertiary/aromatic N) is 1. The van der Waals surface area contributed by atoms with Crippen LogP contribution in [0.15, 0.2) is 54.0 Å². The zero-order valence-corrected chi connectivity index (χ0v) is 18.9. The van der Waals surface area contributed by atoms with E-state index in [9.17, 15) is 18.8 Å². The molecule has 0 aliphatic carbocycles. The van der Waals surface area contributed by atoms with Crippen molar-refractivity contribution in [2.45, 2.75) is 13.8 Å². The Kier molecular flexibility index (Phi) is 5.93. The van der Waals surface area contributed by atoms with Crippen LogP contribution >= 0.6 is 0 Å². The number of benzene rings is 2. The number of pyridine rings is 1. The molecular formula is C25H23FN4O4. The van der Waals surface area contributed by atoms with Crippen LogP contribution in [0, 0.1) is 19.7 Å². The standard InChI is InChI=1S/C25H23FN4O4/c1-5-20(31)28-16-6-7-19(34-24-13(2)8-15(26)9-14(24)3)17(10-16)18-12-30(4)25(33)23-22(18)27-11-21(32)29-23/h5-10,12,27H,1,11H2,2-4H3,(H,28,31)(H,29,32). The second-order valence-corrected chi connectivity index (χ2v) is 7.99. The fourth-order valence-electron chi connectivity index (χ4n) is 3.86. The summed E-state index contributed by atoms with van der Waals surface area (Å²) < 4.78 is 21.4. The number of rotatable bonds is 5. The minimum atomic E-state index is -0.391. The van der Waals surface area contributed by atoms with Crippen LogP contribution in [0.2, 0.25) is 0 Å². The first kappa shape index (κ1) is 22.8. The molecular weight excluding hydrogens is 439 g/mol. The molecule has 0 fully saturated rings. The number of carbonyl (C=O) groups is 2. The van der Waals surface area contributed by atoms with Gasteiger partial charge in [-0.3, -0.25) is 14.4 Å². The van der Waals surface area contributed by atoms with E-state index < -0.39 is 5.91 Å². The van der Waals surface area contributed by atoms with Crippen LogP contribution in [0.5, 0.6) is 11.5 Å². The van der Waals surface area contributed by atoms with Gasteiger partial charge in [0.15, 0.2) is 0 Å². The maximum Gasteiger partial charge on any atom is 0.276 e. The number of hydrogen-bond donors (Lipinski definition) is 3. The van der Waals surface area contributed by atoms with Gasteiger partial charge in [0.2, 0.25) is 11.8 Å². The van der Waals surface area contributed by atoms with Gasteiger partial charge in [0, 0.05) is 30.1 Å². The van der Waals surface area contributed by atoms with Crippen molar-refractivity contribution in [2.75, 3.05) is 22.5 Å². The summed E-state index contributed by atoms with van der Waals surface area (Å²) >= 11 is 0. The number of aromatic nitrogens is 1. The summed E-state index contributed by atoms with van der Waals surface area (Å²) in [5.41, 5.74) is 3.00. The van der Waals surface area contributed by atoms with Crippen LogP contribution in [0.25, 0.3) is 11.1 Å². The minimum absolute atomic E-state index is 0.00751. The van der Waals surface area contributed by atoms with Crippen molar-refractivity contribution in [3.63, 3.8) is 0 Å². The average molecular weight is 462 g/mol. The molecule has 3 aromatic rings. The maximum atomic E-state index is 13.8. The van der Waals surface area contributed by atoms with Gasteiger partial charge in [-0.1, -0.05) is 6.58 Å². The van der Waals surface area contributed by atoms with Gasteiger partial charge in [0.05, 0.1) is 12.2 Å². The van der Waals surface area contributed by atoms with E-state index in [0.717, 1.165) is 6.08 Å². The van der Waals surface area contributed by atoms with Crippen LogP contribution in [-0.2, 0) is 16.6 Å². The fraction of sp³-hybridized carbons (Fsp3) is 0.160. The summed E-state index contributed by atoms with van der Waals surface area (Å²) in [6.45, 7) is 6.95. The van der Waals surface area contributed by atoms with E-state index in [1.165, 1.54) is 16.7 Å². The third kappa shape index (κ3) is 4.27. The highest BCUT2D eigenvalue weighted by Crippen LogP contribution is 2.42. The summed E-state index contributed by atoms with van der Waals surface area (Å²) in [6.07, 6.45) is 2.78. The van der Waals surface area contributed by atoms with Crippen molar-refractivity contribution in [1.82, 2.24) is 4.57 Å². The van der Waals surface area contributed by atoms with Gasteiger partial charge in [-0.2, -0.15) is 0 Å². The van der Waals surface area contributed by atoms with E-state index in [0.29, 0.717) is 45.1 Å². The second-order valence-electron chi connectivity index (χ2n) is 7.99. The number of ether oxygens (including phenoxy) is 1. The van der Waals surface area contributed by atoms with E-state index in [1.807, 2.05) is 0 Å². The van der Waals surface area contributed by atoms with Crippen LogP contribution in [0.1, 0.15) is 11.1 Å². The van der Waals surface area contributed by atoms with Gasteiger partial charge < -0.3 is 25.3 Å². The molecule has 1 aromatic heterocycles. The lowest BCUT2D eigenvalue weighted by atomic mass is 10.0. The van der Waals surface area contributed by atoms with Crippen molar-refractivity contribution >= 4 is 28.9 Å². The number of aryl methyl sites for hydroxylation is 3. The Morgan fingerprint density at radius 2 is 1.85 bits per heavy atom. The van der Waals surface area contributed by atoms with Gasteiger partial charge in [0.1, 0.15) is 23.0 Å². The molecule has 0 unspecified atom stereocenters. The largest absolute Gasteiger partial charge is 0.456 e. The highest BCUT2D eigenvalue weighted by Gasteiger charge is 2.25. The molecule has 0 spiro atoms. The highest BCUT2D eigenvalue weighted by molar-refractivity contribution is 6.05.